The summed E-state index contributed by atoms with van der Waals surface area (Å²) >= 11 is 0. The predicted octanol–water partition coefficient (Wildman–Crippen LogP) is 22.7. The standard InChI is InChI=1S/C66H111O4P/c1-7-13-19-25-31-37-43-58-49-52-64(61(55-58)46-40-34-28-22-16-10-4)68-71(67,69-65-53-50-59(44-38-32-26-20-14-8-2)56-62(65)47-41-35-29-23-17-11-5)70-66-54-51-60(45-39-33-27-21-15-9-3)57-63(66)48-42-36-30-24-18-12-6/h49-57H,7-48H2,1-6H3. The Balaban J connectivity index is 2.07. The summed E-state index contributed by atoms with van der Waals surface area (Å²) < 4.78 is 36.7. The van der Waals surface area contributed by atoms with Gasteiger partial charge in [-0.05, 0) is 129 Å². The van der Waals surface area contributed by atoms with Gasteiger partial charge in [0, 0.05) is 0 Å². The van der Waals surface area contributed by atoms with Crippen LogP contribution in [0.2, 0.25) is 0 Å². The van der Waals surface area contributed by atoms with E-state index in [0.717, 1.165) is 74.5 Å². The minimum atomic E-state index is -4.28. The van der Waals surface area contributed by atoms with Crippen LogP contribution in [0.25, 0.3) is 0 Å². The van der Waals surface area contributed by atoms with Crippen LogP contribution in [0.3, 0.4) is 0 Å². The van der Waals surface area contributed by atoms with Gasteiger partial charge < -0.3 is 13.6 Å². The summed E-state index contributed by atoms with van der Waals surface area (Å²) in [5, 5.41) is 0. The number of aryl methyl sites for hydroxylation is 6. The summed E-state index contributed by atoms with van der Waals surface area (Å²) in [6, 6.07) is 19.9. The highest BCUT2D eigenvalue weighted by atomic mass is 31.2. The SMILES string of the molecule is CCCCCCCCc1ccc(OP(=O)(Oc2ccc(CCCCCCCC)cc2CCCCCCCC)Oc2ccc(CCCCCCCC)cc2CCCCCCCC)c(CCCCCCCC)c1. The molecule has 0 aromatic heterocycles. The Morgan fingerprint density at radius 1 is 0.268 bits per heavy atom. The maximum absolute atomic E-state index is 16.0. The summed E-state index contributed by atoms with van der Waals surface area (Å²) in [7, 11) is -4.28. The fraction of sp³-hybridized carbons (Fsp3) is 0.727. The van der Waals surface area contributed by atoms with E-state index in [1.54, 1.807) is 0 Å². The monoisotopic (exact) mass is 999 g/mol. The van der Waals surface area contributed by atoms with Gasteiger partial charge in [0.1, 0.15) is 17.2 Å². The lowest BCUT2D eigenvalue weighted by molar-refractivity contribution is 0.295. The molecule has 0 saturated heterocycles. The molecule has 0 aliphatic rings. The number of benzene rings is 3. The lowest BCUT2D eigenvalue weighted by Gasteiger charge is -2.24. The predicted molar refractivity (Wildman–Crippen MR) is 311 cm³/mol. The molecule has 0 radical (unpaired) electrons. The van der Waals surface area contributed by atoms with Crippen LogP contribution in [0, 0.1) is 0 Å². The van der Waals surface area contributed by atoms with E-state index in [2.05, 4.69) is 96.1 Å². The van der Waals surface area contributed by atoms with Crippen LogP contribution in [0.4, 0.5) is 0 Å². The van der Waals surface area contributed by atoms with E-state index in [9.17, 15) is 0 Å². The summed E-state index contributed by atoms with van der Waals surface area (Å²) in [6.07, 6.45) is 50.9. The molecular formula is C66H111O4P. The highest BCUT2D eigenvalue weighted by Gasteiger charge is 2.36. The molecule has 404 valence electrons. The molecular weight excluding hydrogens is 888 g/mol. The highest BCUT2D eigenvalue weighted by Crippen LogP contribution is 2.52. The number of unbranched alkanes of at least 4 members (excludes halogenated alkanes) is 30. The largest absolute Gasteiger partial charge is 0.647 e. The van der Waals surface area contributed by atoms with Crippen molar-refractivity contribution in [2.45, 2.75) is 311 Å². The number of hydrogen-bond acceptors (Lipinski definition) is 4. The Morgan fingerprint density at radius 3 is 0.690 bits per heavy atom. The van der Waals surface area contributed by atoms with Gasteiger partial charge in [-0.2, -0.15) is 4.57 Å². The van der Waals surface area contributed by atoms with Crippen molar-refractivity contribution in [2.24, 2.45) is 0 Å². The second-order valence-corrected chi connectivity index (χ2v) is 23.1. The Kier molecular flexibility index (Phi) is 36.7. The molecule has 0 amide bonds. The van der Waals surface area contributed by atoms with Crippen molar-refractivity contribution < 1.29 is 18.1 Å². The second kappa shape index (κ2) is 41.6. The van der Waals surface area contributed by atoms with Gasteiger partial charge in [-0.3, -0.25) is 0 Å². The Hall–Kier alpha value is -2.71. The molecule has 0 saturated carbocycles. The van der Waals surface area contributed by atoms with Crippen LogP contribution in [-0.2, 0) is 43.1 Å². The number of hydrogen-bond donors (Lipinski definition) is 0. The summed E-state index contributed by atoms with van der Waals surface area (Å²) in [5.41, 5.74) is 7.40. The van der Waals surface area contributed by atoms with Gasteiger partial charge in [0.05, 0.1) is 0 Å². The summed E-state index contributed by atoms with van der Waals surface area (Å²) in [5.74, 6) is 1.92. The lowest BCUT2D eigenvalue weighted by Crippen LogP contribution is -2.11. The quantitative estimate of drug-likeness (QED) is 0.0418. The maximum Gasteiger partial charge on any atom is 0.647 e. The zero-order valence-electron chi connectivity index (χ0n) is 47.5. The zero-order chi connectivity index (χ0) is 50.9. The van der Waals surface area contributed by atoms with E-state index in [-0.39, 0.29) is 0 Å². The molecule has 4 nitrogen and oxygen atoms in total. The molecule has 0 aliphatic heterocycles. The van der Waals surface area contributed by atoms with E-state index in [4.69, 9.17) is 13.6 Å². The first-order valence-electron chi connectivity index (χ1n) is 30.9. The molecule has 71 heavy (non-hydrogen) atoms. The topological polar surface area (TPSA) is 44.8 Å². The number of phosphoric ester groups is 1. The molecule has 0 heterocycles. The third-order valence-electron chi connectivity index (χ3n) is 14.9. The minimum Gasteiger partial charge on any atom is -0.386 e. The van der Waals surface area contributed by atoms with E-state index < -0.39 is 7.82 Å². The first-order chi connectivity index (χ1) is 34.9. The molecule has 0 fully saturated rings. The Morgan fingerprint density at radius 2 is 0.465 bits per heavy atom. The molecule has 3 rings (SSSR count). The van der Waals surface area contributed by atoms with Crippen LogP contribution in [0.15, 0.2) is 54.6 Å². The first kappa shape index (κ1) is 62.6. The molecule has 5 heteroatoms. The fourth-order valence-corrected chi connectivity index (χ4v) is 11.6. The summed E-state index contributed by atoms with van der Waals surface area (Å²) in [4.78, 5) is 0. The second-order valence-electron chi connectivity index (χ2n) is 21.7. The van der Waals surface area contributed by atoms with Gasteiger partial charge in [-0.15, -0.1) is 0 Å². The molecule has 0 bridgehead atoms. The average molecular weight is 1000 g/mol. The minimum absolute atomic E-state index is 0.642. The molecule has 0 N–H and O–H groups in total. The zero-order valence-corrected chi connectivity index (χ0v) is 48.4. The van der Waals surface area contributed by atoms with Crippen molar-refractivity contribution in [2.75, 3.05) is 0 Å². The van der Waals surface area contributed by atoms with Gasteiger partial charge in [0.2, 0.25) is 0 Å². The maximum atomic E-state index is 16.0. The third-order valence-corrected chi connectivity index (χ3v) is 16.1. The molecule has 0 unspecified atom stereocenters. The molecule has 0 atom stereocenters. The van der Waals surface area contributed by atoms with Crippen LogP contribution < -0.4 is 13.6 Å². The van der Waals surface area contributed by atoms with E-state index in [0.29, 0.717) is 17.2 Å². The van der Waals surface area contributed by atoms with E-state index in [1.165, 1.54) is 229 Å². The Bertz CT molecular complexity index is 1580. The Labute approximate surface area is 440 Å². The van der Waals surface area contributed by atoms with E-state index >= 15 is 4.57 Å². The van der Waals surface area contributed by atoms with Crippen molar-refractivity contribution in [3.05, 3.63) is 88.0 Å². The van der Waals surface area contributed by atoms with Gasteiger partial charge in [-0.1, -0.05) is 271 Å². The van der Waals surface area contributed by atoms with Crippen molar-refractivity contribution in [1.82, 2.24) is 0 Å². The summed E-state index contributed by atoms with van der Waals surface area (Å²) in [6.45, 7) is 13.7. The van der Waals surface area contributed by atoms with Gasteiger partial charge in [0.25, 0.3) is 0 Å². The first-order valence-corrected chi connectivity index (χ1v) is 32.4. The third kappa shape index (κ3) is 29.1. The van der Waals surface area contributed by atoms with Crippen LogP contribution in [0.5, 0.6) is 17.2 Å². The molecule has 3 aromatic rings. The van der Waals surface area contributed by atoms with Crippen LogP contribution in [0.1, 0.15) is 306 Å². The molecule has 0 spiro atoms. The van der Waals surface area contributed by atoms with E-state index in [1.807, 2.05) is 0 Å². The van der Waals surface area contributed by atoms with Crippen molar-refractivity contribution in [1.29, 1.82) is 0 Å². The number of rotatable bonds is 48. The van der Waals surface area contributed by atoms with Crippen molar-refractivity contribution >= 4 is 7.82 Å². The molecule has 3 aromatic carbocycles. The van der Waals surface area contributed by atoms with Crippen LogP contribution in [-0.4, -0.2) is 0 Å². The lowest BCUT2D eigenvalue weighted by atomic mass is 9.99. The highest BCUT2D eigenvalue weighted by molar-refractivity contribution is 7.49. The number of phosphoric acid groups is 1. The van der Waals surface area contributed by atoms with Crippen LogP contribution >= 0.6 is 7.82 Å². The molecule has 0 aliphatic carbocycles. The normalized spacial score (nSPS) is 11.7. The van der Waals surface area contributed by atoms with Crippen molar-refractivity contribution in [3.63, 3.8) is 0 Å². The van der Waals surface area contributed by atoms with Gasteiger partial charge >= 0.3 is 7.82 Å². The smallest absolute Gasteiger partial charge is 0.386 e. The average Bonchev–Trinajstić information content (AvgIpc) is 3.37. The van der Waals surface area contributed by atoms with Crippen molar-refractivity contribution in [3.8, 4) is 17.2 Å². The van der Waals surface area contributed by atoms with Gasteiger partial charge in [-0.25, -0.2) is 0 Å². The fourth-order valence-electron chi connectivity index (χ4n) is 10.3. The van der Waals surface area contributed by atoms with Gasteiger partial charge in [0.15, 0.2) is 0 Å².